The van der Waals surface area contributed by atoms with E-state index in [2.05, 4.69) is 38.2 Å². The Morgan fingerprint density at radius 2 is 2.06 bits per heavy atom. The van der Waals surface area contributed by atoms with E-state index in [1.54, 1.807) is 0 Å². The van der Waals surface area contributed by atoms with Crippen molar-refractivity contribution in [1.29, 1.82) is 0 Å². The summed E-state index contributed by atoms with van der Waals surface area (Å²) in [5, 5.41) is 3.56. The van der Waals surface area contributed by atoms with Crippen molar-refractivity contribution in [2.45, 2.75) is 45.9 Å². The molecule has 0 amide bonds. The number of hydrogen-bond acceptors (Lipinski definition) is 2. The molecular formula is C14H21NO. The SMILES string of the molecule is CC(C)Oc1ccccc1CNC1CC1C. The van der Waals surface area contributed by atoms with Crippen molar-refractivity contribution in [3.63, 3.8) is 0 Å². The second kappa shape index (κ2) is 4.88. The normalized spacial score (nSPS) is 23.5. The van der Waals surface area contributed by atoms with Crippen molar-refractivity contribution in [3.05, 3.63) is 29.8 Å². The highest BCUT2D eigenvalue weighted by atomic mass is 16.5. The molecule has 16 heavy (non-hydrogen) atoms. The molecule has 0 spiro atoms. The molecule has 0 aromatic heterocycles. The first-order valence-electron chi connectivity index (χ1n) is 6.14. The van der Waals surface area contributed by atoms with Gasteiger partial charge >= 0.3 is 0 Å². The average Bonchev–Trinajstić information content (AvgIpc) is 2.93. The molecule has 0 saturated heterocycles. The molecule has 0 radical (unpaired) electrons. The van der Waals surface area contributed by atoms with Crippen molar-refractivity contribution in [2.75, 3.05) is 0 Å². The van der Waals surface area contributed by atoms with Crippen LogP contribution in [0, 0.1) is 5.92 Å². The molecule has 1 aromatic rings. The zero-order valence-electron chi connectivity index (χ0n) is 10.4. The van der Waals surface area contributed by atoms with E-state index in [9.17, 15) is 0 Å². The zero-order chi connectivity index (χ0) is 11.5. The van der Waals surface area contributed by atoms with E-state index in [1.807, 2.05) is 12.1 Å². The Morgan fingerprint density at radius 1 is 1.38 bits per heavy atom. The summed E-state index contributed by atoms with van der Waals surface area (Å²) in [4.78, 5) is 0. The van der Waals surface area contributed by atoms with Gasteiger partial charge in [-0.3, -0.25) is 0 Å². The molecule has 2 atom stereocenters. The average molecular weight is 219 g/mol. The van der Waals surface area contributed by atoms with Gasteiger partial charge in [-0.2, -0.15) is 0 Å². The highest BCUT2D eigenvalue weighted by Gasteiger charge is 2.31. The van der Waals surface area contributed by atoms with Gasteiger partial charge in [-0.25, -0.2) is 0 Å². The minimum atomic E-state index is 0.237. The first-order chi connectivity index (χ1) is 7.66. The van der Waals surface area contributed by atoms with Crippen LogP contribution in [0.5, 0.6) is 5.75 Å². The summed E-state index contributed by atoms with van der Waals surface area (Å²) in [6.45, 7) is 7.33. The monoisotopic (exact) mass is 219 g/mol. The van der Waals surface area contributed by atoms with Crippen LogP contribution in [0.2, 0.25) is 0 Å². The van der Waals surface area contributed by atoms with Gasteiger partial charge in [-0.1, -0.05) is 25.1 Å². The topological polar surface area (TPSA) is 21.3 Å². The summed E-state index contributed by atoms with van der Waals surface area (Å²) in [5.74, 6) is 1.86. The first kappa shape index (κ1) is 11.5. The molecule has 88 valence electrons. The maximum atomic E-state index is 5.78. The Kier molecular flexibility index (Phi) is 3.49. The van der Waals surface area contributed by atoms with Crippen molar-refractivity contribution in [2.24, 2.45) is 5.92 Å². The number of ether oxygens (including phenoxy) is 1. The molecule has 0 aliphatic heterocycles. The molecule has 0 heterocycles. The van der Waals surface area contributed by atoms with Gasteiger partial charge < -0.3 is 10.1 Å². The van der Waals surface area contributed by atoms with Crippen molar-refractivity contribution >= 4 is 0 Å². The van der Waals surface area contributed by atoms with Gasteiger partial charge in [0.2, 0.25) is 0 Å². The van der Waals surface area contributed by atoms with E-state index < -0.39 is 0 Å². The van der Waals surface area contributed by atoms with E-state index in [4.69, 9.17) is 4.74 Å². The minimum Gasteiger partial charge on any atom is -0.491 e. The number of rotatable bonds is 5. The van der Waals surface area contributed by atoms with Crippen LogP contribution < -0.4 is 10.1 Å². The van der Waals surface area contributed by atoms with Gasteiger partial charge in [0.25, 0.3) is 0 Å². The van der Waals surface area contributed by atoms with Crippen LogP contribution in [0.3, 0.4) is 0 Å². The number of nitrogens with one attached hydrogen (secondary N) is 1. The quantitative estimate of drug-likeness (QED) is 0.822. The van der Waals surface area contributed by atoms with Gasteiger partial charge in [-0.15, -0.1) is 0 Å². The van der Waals surface area contributed by atoms with E-state index in [0.29, 0.717) is 6.04 Å². The molecule has 2 rings (SSSR count). The number of benzene rings is 1. The molecule has 1 fully saturated rings. The molecule has 1 aromatic carbocycles. The highest BCUT2D eigenvalue weighted by molar-refractivity contribution is 5.33. The second-order valence-corrected chi connectivity index (χ2v) is 4.97. The first-order valence-corrected chi connectivity index (χ1v) is 6.14. The zero-order valence-corrected chi connectivity index (χ0v) is 10.4. The Balaban J connectivity index is 1.95. The fourth-order valence-electron chi connectivity index (χ4n) is 1.87. The van der Waals surface area contributed by atoms with Crippen LogP contribution >= 0.6 is 0 Å². The van der Waals surface area contributed by atoms with Gasteiger partial charge in [0, 0.05) is 18.2 Å². The largest absolute Gasteiger partial charge is 0.491 e. The van der Waals surface area contributed by atoms with Crippen LogP contribution in [-0.2, 0) is 6.54 Å². The smallest absolute Gasteiger partial charge is 0.124 e. The summed E-state index contributed by atoms with van der Waals surface area (Å²) >= 11 is 0. The lowest BCUT2D eigenvalue weighted by Crippen LogP contribution is -2.18. The van der Waals surface area contributed by atoms with Crippen molar-refractivity contribution in [3.8, 4) is 5.75 Å². The fraction of sp³-hybridized carbons (Fsp3) is 0.571. The molecule has 2 nitrogen and oxygen atoms in total. The maximum absolute atomic E-state index is 5.78. The summed E-state index contributed by atoms with van der Waals surface area (Å²) in [7, 11) is 0. The summed E-state index contributed by atoms with van der Waals surface area (Å²) < 4.78 is 5.78. The maximum Gasteiger partial charge on any atom is 0.124 e. The minimum absolute atomic E-state index is 0.237. The third-order valence-corrected chi connectivity index (χ3v) is 3.00. The lowest BCUT2D eigenvalue weighted by Gasteiger charge is -2.14. The lowest BCUT2D eigenvalue weighted by molar-refractivity contribution is 0.239. The van der Waals surface area contributed by atoms with Gasteiger partial charge in [0.1, 0.15) is 5.75 Å². The Labute approximate surface area is 98.0 Å². The third kappa shape index (κ3) is 2.99. The predicted molar refractivity (Wildman–Crippen MR) is 66.6 cm³/mol. The van der Waals surface area contributed by atoms with Crippen LogP contribution in [0.15, 0.2) is 24.3 Å². The van der Waals surface area contributed by atoms with Crippen molar-refractivity contribution in [1.82, 2.24) is 5.32 Å². The van der Waals surface area contributed by atoms with E-state index in [0.717, 1.165) is 18.2 Å². The summed E-state index contributed by atoms with van der Waals surface area (Å²) in [6, 6.07) is 9.00. The molecule has 1 saturated carbocycles. The van der Waals surface area contributed by atoms with E-state index in [1.165, 1.54) is 12.0 Å². The molecule has 2 heteroatoms. The second-order valence-electron chi connectivity index (χ2n) is 4.97. The van der Waals surface area contributed by atoms with Crippen LogP contribution in [0.1, 0.15) is 32.8 Å². The van der Waals surface area contributed by atoms with Crippen LogP contribution in [-0.4, -0.2) is 12.1 Å². The Hall–Kier alpha value is -1.02. The molecule has 2 unspecified atom stereocenters. The van der Waals surface area contributed by atoms with Gasteiger partial charge in [-0.05, 0) is 32.3 Å². The summed E-state index contributed by atoms with van der Waals surface area (Å²) in [5.41, 5.74) is 1.26. The highest BCUT2D eigenvalue weighted by Crippen LogP contribution is 2.30. The van der Waals surface area contributed by atoms with E-state index in [-0.39, 0.29) is 6.10 Å². The molecule has 1 aliphatic carbocycles. The van der Waals surface area contributed by atoms with Crippen LogP contribution in [0.25, 0.3) is 0 Å². The number of hydrogen-bond donors (Lipinski definition) is 1. The van der Waals surface area contributed by atoms with Gasteiger partial charge in [0.05, 0.1) is 6.10 Å². The summed E-state index contributed by atoms with van der Waals surface area (Å²) in [6.07, 6.45) is 1.55. The van der Waals surface area contributed by atoms with E-state index >= 15 is 0 Å². The third-order valence-electron chi connectivity index (χ3n) is 3.00. The van der Waals surface area contributed by atoms with Crippen LogP contribution in [0.4, 0.5) is 0 Å². The molecule has 1 N–H and O–H groups in total. The number of para-hydroxylation sites is 1. The fourth-order valence-corrected chi connectivity index (χ4v) is 1.87. The molecule has 1 aliphatic rings. The van der Waals surface area contributed by atoms with Gasteiger partial charge in [0.15, 0.2) is 0 Å². The Morgan fingerprint density at radius 3 is 2.69 bits per heavy atom. The Bertz CT molecular complexity index is 348. The molecule has 0 bridgehead atoms. The predicted octanol–water partition coefficient (Wildman–Crippen LogP) is 2.97. The molecular weight excluding hydrogens is 198 g/mol. The lowest BCUT2D eigenvalue weighted by atomic mass is 10.2. The standard InChI is InChI=1S/C14H21NO/c1-10(2)16-14-7-5-4-6-12(14)9-15-13-8-11(13)3/h4-7,10-11,13,15H,8-9H2,1-3H3. The van der Waals surface area contributed by atoms with Crippen molar-refractivity contribution < 1.29 is 4.74 Å².